The van der Waals surface area contributed by atoms with Crippen LogP contribution in [-0.2, 0) is 19.3 Å². The van der Waals surface area contributed by atoms with Crippen molar-refractivity contribution in [2.45, 2.75) is 60.8 Å². The second kappa shape index (κ2) is 49.6. The minimum atomic E-state index is -1.34. The molecule has 7 heteroatoms. The Hall–Kier alpha value is -9.40. The van der Waals surface area contributed by atoms with Crippen LogP contribution in [-0.4, -0.2) is 24.2 Å². The number of benzene rings is 11. The van der Waals surface area contributed by atoms with E-state index in [1.54, 1.807) is 24.3 Å². The highest BCUT2D eigenvalue weighted by Crippen LogP contribution is 2.11. The molecule has 0 spiro atoms. The Bertz CT molecular complexity index is 2660. The Morgan fingerprint density at radius 2 is 0.446 bits per heavy atom. The molecule has 0 aliphatic heterocycles. The summed E-state index contributed by atoms with van der Waals surface area (Å²) in [5, 5.41) is 20.2. The molecule has 0 radical (unpaired) electrons. The number of rotatable bonds is 8. The highest BCUT2D eigenvalue weighted by molar-refractivity contribution is 6.58. The van der Waals surface area contributed by atoms with E-state index in [2.05, 4.69) is 201 Å². The highest BCUT2D eigenvalue weighted by Gasteiger charge is 2.07. The molecule has 11 aromatic carbocycles. The van der Waals surface area contributed by atoms with E-state index in [-0.39, 0.29) is 7.43 Å². The fourth-order valence-electron chi connectivity index (χ4n) is 6.87. The molecule has 0 aliphatic rings. The second-order valence-electron chi connectivity index (χ2n) is 17.8. The Balaban J connectivity index is 0.000000474. The number of nitrogen functional groups attached to an aromatic ring is 3. The summed E-state index contributed by atoms with van der Waals surface area (Å²) < 4.78 is 0. The van der Waals surface area contributed by atoms with E-state index in [0.717, 1.165) is 42.0 Å². The molecule has 9 N–H and O–H groups in total. The first-order chi connectivity index (χ1) is 40.2. The monoisotopic (exact) mass is 1100 g/mol. The van der Waals surface area contributed by atoms with E-state index in [1.165, 1.54) is 39.8 Å². The summed E-state index contributed by atoms with van der Waals surface area (Å²) in [6.07, 6.45) is 4.34. The zero-order valence-corrected chi connectivity index (χ0v) is 48.8. The van der Waals surface area contributed by atoms with Crippen LogP contribution in [0.25, 0.3) is 0 Å². The van der Waals surface area contributed by atoms with Gasteiger partial charge in [0.25, 0.3) is 0 Å². The maximum absolute atomic E-state index is 8.58. The molecule has 0 bridgehead atoms. The normalized spacial score (nSPS) is 8.90. The van der Waals surface area contributed by atoms with Gasteiger partial charge >= 0.3 is 7.12 Å². The van der Waals surface area contributed by atoms with Crippen molar-refractivity contribution in [2.75, 3.05) is 29.6 Å². The molecule has 11 aromatic rings. The zero-order chi connectivity index (χ0) is 59.4. The van der Waals surface area contributed by atoms with Crippen LogP contribution in [0.15, 0.2) is 334 Å². The third kappa shape index (κ3) is 38.8. The van der Waals surface area contributed by atoms with Crippen molar-refractivity contribution in [1.29, 1.82) is 0 Å². The van der Waals surface area contributed by atoms with Crippen molar-refractivity contribution in [3.63, 3.8) is 0 Å². The molecule has 0 heterocycles. The van der Waals surface area contributed by atoms with Gasteiger partial charge in [0.05, 0.1) is 0 Å². The highest BCUT2D eigenvalue weighted by atomic mass is 16.4. The van der Waals surface area contributed by atoms with Gasteiger partial charge in [0.1, 0.15) is 0 Å². The van der Waals surface area contributed by atoms with Crippen molar-refractivity contribution < 1.29 is 10.0 Å². The standard InChI is InChI=1S/3C13H12.C7H9N.C6H7BO2.3C6H7N.C3H8.C2H6.CH4/c3*1-3-7-12(8-4-1)11-13-9-5-2-6-10-13;1-8-7-5-3-2-4-6-7;8-7(9)6-4-2-1-3-5-6;3*7-6-4-2-1-3-5-6;1-3-2;1-2;/h3*1-10H,11H2;2-6,8H,1H3;1-5,8-9H;3*1-5H,7H2;3H2,1-2H3;1-2H3;1H4. The molecule has 0 unspecified atom stereocenters. The fourth-order valence-corrected chi connectivity index (χ4v) is 6.87. The SMILES string of the molecule is C.CC.CCC.CNc1ccccc1.Nc1ccccc1.Nc1ccccc1.Nc1ccccc1.OB(O)c1ccccc1.c1ccc(Cc2ccccc2)cc1.c1ccc(Cc2ccccc2)cc1.c1ccc(Cc2ccccc2)cc1. The number of hydrogen-bond donors (Lipinski definition) is 6. The van der Waals surface area contributed by atoms with Gasteiger partial charge in [0.2, 0.25) is 0 Å². The molecule has 0 fully saturated rings. The molecule has 0 saturated heterocycles. The van der Waals surface area contributed by atoms with Gasteiger partial charge in [0, 0.05) is 29.8 Å². The molecule has 0 aliphatic carbocycles. The Morgan fingerprint density at radius 3 is 0.566 bits per heavy atom. The smallest absolute Gasteiger partial charge is 0.423 e. The van der Waals surface area contributed by atoms with Crippen molar-refractivity contribution in [1.82, 2.24) is 0 Å². The maximum atomic E-state index is 8.58. The van der Waals surface area contributed by atoms with E-state index in [9.17, 15) is 0 Å². The molecule has 430 valence electrons. The number of hydrogen-bond acceptors (Lipinski definition) is 6. The number of para-hydroxylation sites is 4. The van der Waals surface area contributed by atoms with Gasteiger partial charge < -0.3 is 32.6 Å². The van der Waals surface area contributed by atoms with E-state index >= 15 is 0 Å². The second-order valence-corrected chi connectivity index (χ2v) is 17.8. The minimum Gasteiger partial charge on any atom is -0.423 e. The summed E-state index contributed by atoms with van der Waals surface area (Å²) in [6, 6.07) is 110. The summed E-state index contributed by atoms with van der Waals surface area (Å²) in [6.45, 7) is 8.25. The molecule has 11 rings (SSSR count). The minimum absolute atomic E-state index is 0. The van der Waals surface area contributed by atoms with Crippen LogP contribution in [0.1, 0.15) is 74.9 Å². The van der Waals surface area contributed by atoms with E-state index in [0.29, 0.717) is 5.46 Å². The molecule has 0 amide bonds. The van der Waals surface area contributed by atoms with Gasteiger partial charge in [-0.3, -0.25) is 0 Å². The first kappa shape index (κ1) is 71.6. The Morgan fingerprint density at radius 1 is 0.289 bits per heavy atom. The fraction of sp³-hybridized carbons (Fsp3) is 0.132. The van der Waals surface area contributed by atoms with Gasteiger partial charge in [-0.15, -0.1) is 0 Å². The molecular formula is C76H91BN4O2. The lowest BCUT2D eigenvalue weighted by Crippen LogP contribution is -2.29. The van der Waals surface area contributed by atoms with Crippen LogP contribution in [0.2, 0.25) is 0 Å². The molecule has 83 heavy (non-hydrogen) atoms. The quantitative estimate of drug-likeness (QED) is 0.0664. The first-order valence-corrected chi connectivity index (χ1v) is 28.0. The topological polar surface area (TPSA) is 131 Å². The summed E-state index contributed by atoms with van der Waals surface area (Å²) >= 11 is 0. The van der Waals surface area contributed by atoms with Crippen LogP contribution >= 0.6 is 0 Å². The maximum Gasteiger partial charge on any atom is 0.488 e. The van der Waals surface area contributed by atoms with E-state index in [1.807, 2.05) is 148 Å². The van der Waals surface area contributed by atoms with Gasteiger partial charge in [-0.25, -0.2) is 0 Å². The third-order valence-corrected chi connectivity index (χ3v) is 10.8. The molecule has 0 saturated carbocycles. The van der Waals surface area contributed by atoms with Gasteiger partial charge in [0.15, 0.2) is 0 Å². The lowest BCUT2D eigenvalue weighted by Gasteiger charge is -2.00. The van der Waals surface area contributed by atoms with E-state index in [4.69, 9.17) is 27.2 Å². The molecular weight excluding hydrogens is 1010 g/mol. The summed E-state index contributed by atoms with van der Waals surface area (Å²) in [7, 11) is 0.571. The van der Waals surface area contributed by atoms with Crippen molar-refractivity contribution >= 4 is 35.3 Å². The van der Waals surface area contributed by atoms with Crippen LogP contribution in [0.4, 0.5) is 22.7 Å². The summed E-state index contributed by atoms with van der Waals surface area (Å²) in [5.41, 5.74) is 28.4. The Kier molecular flexibility index (Phi) is 42.8. The third-order valence-electron chi connectivity index (χ3n) is 10.8. The molecule has 0 atom stereocenters. The van der Waals surface area contributed by atoms with Gasteiger partial charge in [-0.05, 0) is 107 Å². The van der Waals surface area contributed by atoms with E-state index < -0.39 is 7.12 Å². The van der Waals surface area contributed by atoms with Crippen molar-refractivity contribution in [2.24, 2.45) is 0 Å². The van der Waals surface area contributed by atoms with Gasteiger partial charge in [-0.1, -0.05) is 327 Å². The van der Waals surface area contributed by atoms with Crippen LogP contribution in [0.5, 0.6) is 0 Å². The lowest BCUT2D eigenvalue weighted by atomic mass is 9.81. The largest absolute Gasteiger partial charge is 0.488 e. The Labute approximate surface area is 500 Å². The number of anilines is 4. The summed E-state index contributed by atoms with van der Waals surface area (Å²) in [5.74, 6) is 0. The van der Waals surface area contributed by atoms with Crippen LogP contribution in [0.3, 0.4) is 0 Å². The number of nitrogens with two attached hydrogens (primary N) is 3. The molecule has 6 nitrogen and oxygen atoms in total. The first-order valence-electron chi connectivity index (χ1n) is 28.0. The van der Waals surface area contributed by atoms with Gasteiger partial charge in [-0.2, -0.15) is 0 Å². The van der Waals surface area contributed by atoms with Crippen molar-refractivity contribution in [3.8, 4) is 0 Å². The van der Waals surface area contributed by atoms with Crippen molar-refractivity contribution in [3.05, 3.63) is 367 Å². The molecule has 0 aromatic heterocycles. The lowest BCUT2D eigenvalue weighted by molar-refractivity contribution is 0.426. The van der Waals surface area contributed by atoms with Crippen LogP contribution in [0, 0.1) is 0 Å². The predicted octanol–water partition coefficient (Wildman–Crippen LogP) is 17.8. The predicted molar refractivity (Wildman–Crippen MR) is 366 cm³/mol. The van der Waals surface area contributed by atoms with Crippen LogP contribution < -0.4 is 28.0 Å². The average molecular weight is 1100 g/mol. The summed E-state index contributed by atoms with van der Waals surface area (Å²) in [4.78, 5) is 0. The zero-order valence-electron chi connectivity index (χ0n) is 48.8. The number of nitrogens with one attached hydrogen (secondary N) is 1. The average Bonchev–Trinajstić information content (AvgIpc) is 3.54.